The maximum atomic E-state index is 8.65. The molecule has 0 radical (unpaired) electrons. The molecule has 1 heterocycles. The minimum Gasteiger partial charge on any atom is -0.409 e. The Morgan fingerprint density at radius 3 is 2.76 bits per heavy atom. The van der Waals surface area contributed by atoms with Crippen molar-refractivity contribution in [2.24, 2.45) is 10.9 Å². The number of likely N-dealkylation sites (tertiary alicyclic amines) is 1. The highest BCUT2D eigenvalue weighted by Crippen LogP contribution is 2.13. The molecule has 17 heavy (non-hydrogen) atoms. The monoisotopic (exact) mass is 233 g/mol. The fourth-order valence-electron chi connectivity index (χ4n) is 2.26. The summed E-state index contributed by atoms with van der Waals surface area (Å²) in [6.45, 7) is 3.30. The fraction of sp³-hybridized carbons (Fsp3) is 0.462. The third-order valence-corrected chi connectivity index (χ3v) is 3.19. The number of amidine groups is 1. The molecule has 0 aliphatic carbocycles. The summed E-state index contributed by atoms with van der Waals surface area (Å²) in [7, 11) is 0. The zero-order chi connectivity index (χ0) is 12.1. The number of piperidine rings is 1. The zero-order valence-corrected chi connectivity index (χ0v) is 9.97. The third-order valence-electron chi connectivity index (χ3n) is 3.19. The standard InChI is InChI=1S/C13H19N3O/c14-13(15-17)12-6-4-5-11(9-12)10-16-7-2-1-3-8-16/h4-6,9,17H,1-3,7-8,10H2,(H2,14,15). The van der Waals surface area contributed by atoms with Crippen molar-refractivity contribution in [3.8, 4) is 0 Å². The van der Waals surface area contributed by atoms with Crippen LogP contribution in [0.3, 0.4) is 0 Å². The van der Waals surface area contributed by atoms with Gasteiger partial charge in [-0.2, -0.15) is 0 Å². The Kier molecular flexibility index (Phi) is 3.98. The molecule has 0 unspecified atom stereocenters. The van der Waals surface area contributed by atoms with Crippen LogP contribution in [0.5, 0.6) is 0 Å². The second kappa shape index (κ2) is 5.68. The van der Waals surface area contributed by atoms with Gasteiger partial charge in [-0.15, -0.1) is 0 Å². The fourth-order valence-corrected chi connectivity index (χ4v) is 2.26. The van der Waals surface area contributed by atoms with Crippen LogP contribution in [0.4, 0.5) is 0 Å². The van der Waals surface area contributed by atoms with E-state index in [-0.39, 0.29) is 5.84 Å². The number of hydrogen-bond donors (Lipinski definition) is 2. The summed E-state index contributed by atoms with van der Waals surface area (Å²) in [6.07, 6.45) is 3.93. The maximum absolute atomic E-state index is 8.65. The molecule has 1 aromatic rings. The Hall–Kier alpha value is -1.55. The van der Waals surface area contributed by atoms with Gasteiger partial charge in [-0.1, -0.05) is 29.8 Å². The molecule has 1 aliphatic heterocycles. The van der Waals surface area contributed by atoms with Gasteiger partial charge in [0.15, 0.2) is 5.84 Å². The van der Waals surface area contributed by atoms with Gasteiger partial charge in [0.1, 0.15) is 0 Å². The van der Waals surface area contributed by atoms with E-state index in [9.17, 15) is 0 Å². The molecule has 0 saturated carbocycles. The Bertz CT molecular complexity index is 397. The van der Waals surface area contributed by atoms with Crippen molar-refractivity contribution < 1.29 is 5.21 Å². The van der Waals surface area contributed by atoms with Crippen LogP contribution in [0.15, 0.2) is 29.4 Å². The zero-order valence-electron chi connectivity index (χ0n) is 9.97. The van der Waals surface area contributed by atoms with Crippen LogP contribution in [0.25, 0.3) is 0 Å². The second-order valence-corrected chi connectivity index (χ2v) is 4.52. The third kappa shape index (κ3) is 3.20. The minimum atomic E-state index is 0.172. The largest absolute Gasteiger partial charge is 0.409 e. The van der Waals surface area contributed by atoms with E-state index in [2.05, 4.69) is 16.1 Å². The summed E-state index contributed by atoms with van der Waals surface area (Å²) < 4.78 is 0. The first-order valence-electron chi connectivity index (χ1n) is 6.09. The van der Waals surface area contributed by atoms with Gasteiger partial charge < -0.3 is 10.9 Å². The molecule has 2 rings (SSSR count). The van der Waals surface area contributed by atoms with Crippen molar-refractivity contribution in [3.63, 3.8) is 0 Å². The molecule has 1 aliphatic rings. The molecule has 0 amide bonds. The summed E-state index contributed by atoms with van der Waals surface area (Å²) in [5.74, 6) is 0.172. The van der Waals surface area contributed by atoms with Crippen molar-refractivity contribution in [3.05, 3.63) is 35.4 Å². The van der Waals surface area contributed by atoms with Crippen LogP contribution in [0.2, 0.25) is 0 Å². The highest BCUT2D eigenvalue weighted by atomic mass is 16.4. The first-order chi connectivity index (χ1) is 8.29. The van der Waals surface area contributed by atoms with E-state index >= 15 is 0 Å². The van der Waals surface area contributed by atoms with Gasteiger partial charge in [0, 0.05) is 12.1 Å². The van der Waals surface area contributed by atoms with Crippen LogP contribution in [0.1, 0.15) is 30.4 Å². The van der Waals surface area contributed by atoms with E-state index < -0.39 is 0 Å². The molecule has 1 saturated heterocycles. The van der Waals surface area contributed by atoms with Crippen LogP contribution < -0.4 is 5.73 Å². The molecule has 0 spiro atoms. The van der Waals surface area contributed by atoms with Gasteiger partial charge in [0.25, 0.3) is 0 Å². The molecule has 1 fully saturated rings. The van der Waals surface area contributed by atoms with E-state index in [1.54, 1.807) is 0 Å². The SMILES string of the molecule is NC(=NO)c1cccc(CN2CCCCC2)c1. The first kappa shape index (κ1) is 11.9. The van der Waals surface area contributed by atoms with Gasteiger partial charge in [0.05, 0.1) is 0 Å². The highest BCUT2D eigenvalue weighted by molar-refractivity contribution is 5.97. The Labute approximate surface area is 102 Å². The maximum Gasteiger partial charge on any atom is 0.170 e. The summed E-state index contributed by atoms with van der Waals surface area (Å²) in [4.78, 5) is 2.45. The van der Waals surface area contributed by atoms with Gasteiger partial charge >= 0.3 is 0 Å². The molecule has 0 aromatic heterocycles. The van der Waals surface area contributed by atoms with Crippen molar-refractivity contribution in [2.45, 2.75) is 25.8 Å². The Morgan fingerprint density at radius 1 is 1.29 bits per heavy atom. The lowest BCUT2D eigenvalue weighted by Gasteiger charge is -2.26. The lowest BCUT2D eigenvalue weighted by atomic mass is 10.1. The molecule has 0 atom stereocenters. The predicted octanol–water partition coefficient (Wildman–Crippen LogP) is 1.77. The van der Waals surface area contributed by atoms with Crippen LogP contribution in [0, 0.1) is 0 Å². The Balaban J connectivity index is 2.05. The molecule has 92 valence electrons. The quantitative estimate of drug-likeness (QED) is 0.362. The number of oxime groups is 1. The van der Waals surface area contributed by atoms with Gasteiger partial charge in [-0.05, 0) is 37.6 Å². The van der Waals surface area contributed by atoms with Crippen LogP contribution >= 0.6 is 0 Å². The highest BCUT2D eigenvalue weighted by Gasteiger charge is 2.10. The van der Waals surface area contributed by atoms with Crippen molar-refractivity contribution in [2.75, 3.05) is 13.1 Å². The lowest BCUT2D eigenvalue weighted by molar-refractivity contribution is 0.221. The minimum absolute atomic E-state index is 0.172. The molecule has 0 bridgehead atoms. The molecule has 4 nitrogen and oxygen atoms in total. The van der Waals surface area contributed by atoms with Crippen molar-refractivity contribution >= 4 is 5.84 Å². The van der Waals surface area contributed by atoms with Gasteiger partial charge in [0.2, 0.25) is 0 Å². The number of hydrogen-bond acceptors (Lipinski definition) is 3. The topological polar surface area (TPSA) is 61.9 Å². The summed E-state index contributed by atoms with van der Waals surface area (Å²) in [5, 5.41) is 11.7. The van der Waals surface area contributed by atoms with E-state index in [0.717, 1.165) is 12.1 Å². The van der Waals surface area contributed by atoms with Crippen molar-refractivity contribution in [1.82, 2.24) is 4.90 Å². The number of benzene rings is 1. The van der Waals surface area contributed by atoms with Gasteiger partial charge in [-0.3, -0.25) is 4.90 Å². The summed E-state index contributed by atoms with van der Waals surface area (Å²) in [5.41, 5.74) is 7.58. The van der Waals surface area contributed by atoms with Crippen LogP contribution in [-0.2, 0) is 6.54 Å². The molecular weight excluding hydrogens is 214 g/mol. The molecular formula is C13H19N3O. The van der Waals surface area contributed by atoms with E-state index in [4.69, 9.17) is 10.9 Å². The van der Waals surface area contributed by atoms with E-state index in [1.807, 2.05) is 18.2 Å². The van der Waals surface area contributed by atoms with E-state index in [0.29, 0.717) is 0 Å². The molecule has 1 aromatic carbocycles. The normalized spacial score (nSPS) is 18.2. The van der Waals surface area contributed by atoms with Crippen molar-refractivity contribution in [1.29, 1.82) is 0 Å². The number of nitrogens with two attached hydrogens (primary N) is 1. The van der Waals surface area contributed by atoms with E-state index in [1.165, 1.54) is 37.9 Å². The first-order valence-corrected chi connectivity index (χ1v) is 6.09. The van der Waals surface area contributed by atoms with Crippen LogP contribution in [-0.4, -0.2) is 29.0 Å². The number of rotatable bonds is 3. The average Bonchev–Trinajstić information content (AvgIpc) is 2.39. The smallest absolute Gasteiger partial charge is 0.170 e. The summed E-state index contributed by atoms with van der Waals surface area (Å²) >= 11 is 0. The predicted molar refractivity (Wildman–Crippen MR) is 68.1 cm³/mol. The average molecular weight is 233 g/mol. The summed E-state index contributed by atoms with van der Waals surface area (Å²) in [6, 6.07) is 7.88. The van der Waals surface area contributed by atoms with Gasteiger partial charge in [-0.25, -0.2) is 0 Å². The molecule has 4 heteroatoms. The number of nitrogens with zero attached hydrogens (tertiary/aromatic N) is 2. The molecule has 3 N–H and O–H groups in total. The Morgan fingerprint density at radius 2 is 2.06 bits per heavy atom. The second-order valence-electron chi connectivity index (χ2n) is 4.52. The lowest BCUT2D eigenvalue weighted by Crippen LogP contribution is -2.29.